The summed E-state index contributed by atoms with van der Waals surface area (Å²) in [6.07, 6.45) is 6.93. The quantitative estimate of drug-likeness (QED) is 0.523. The predicted molar refractivity (Wildman–Crippen MR) is 47.6 cm³/mol. The summed E-state index contributed by atoms with van der Waals surface area (Å²) < 4.78 is 0. The zero-order valence-corrected chi connectivity index (χ0v) is 7.32. The minimum Gasteiger partial charge on any atom is -0.310 e. The summed E-state index contributed by atoms with van der Waals surface area (Å²) in [7, 11) is 0. The lowest BCUT2D eigenvalue weighted by Gasteiger charge is -2.30. The maximum Gasteiger partial charge on any atom is 0.0253 e. The molecule has 1 aliphatic carbocycles. The fourth-order valence-corrected chi connectivity index (χ4v) is 2.36. The van der Waals surface area contributed by atoms with E-state index in [-0.39, 0.29) is 0 Å². The Labute approximate surface area is 68.9 Å². The van der Waals surface area contributed by atoms with Crippen molar-refractivity contribution in [3.63, 3.8) is 0 Å². The molecule has 1 N–H and O–H groups in total. The van der Waals surface area contributed by atoms with E-state index in [4.69, 9.17) is 0 Å². The van der Waals surface area contributed by atoms with Crippen LogP contribution in [-0.2, 0) is 0 Å². The fraction of sp³-hybridized carbons (Fsp3) is 0.800. The number of rotatable bonds is 0. The molecule has 0 saturated carbocycles. The Hall–Kier alpha value is -0.300. The Kier molecular flexibility index (Phi) is 1.99. The molecule has 1 aliphatic heterocycles. The number of hydrogen-bond acceptors (Lipinski definition) is 1. The molecule has 0 saturated heterocycles. The molecule has 0 amide bonds. The van der Waals surface area contributed by atoms with Crippen molar-refractivity contribution in [1.82, 2.24) is 5.32 Å². The summed E-state index contributed by atoms with van der Waals surface area (Å²) in [6, 6.07) is 0.680. The van der Waals surface area contributed by atoms with E-state index in [9.17, 15) is 0 Å². The van der Waals surface area contributed by atoms with Crippen LogP contribution in [0.3, 0.4) is 0 Å². The van der Waals surface area contributed by atoms with Gasteiger partial charge in [0, 0.05) is 6.04 Å². The third kappa shape index (κ3) is 1.34. The average Bonchev–Trinajstić information content (AvgIpc) is 2.06. The van der Waals surface area contributed by atoms with Gasteiger partial charge in [-0.1, -0.05) is 11.1 Å². The first-order chi connectivity index (χ1) is 5.38. The Bertz CT molecular complexity index is 177. The largest absolute Gasteiger partial charge is 0.310 e. The van der Waals surface area contributed by atoms with Gasteiger partial charge in [0.1, 0.15) is 0 Å². The molecule has 2 aliphatic rings. The molecule has 1 atom stereocenters. The number of nitrogens with one attached hydrogen (secondary N) is 1. The van der Waals surface area contributed by atoms with E-state index in [1.165, 1.54) is 38.6 Å². The zero-order valence-electron chi connectivity index (χ0n) is 7.32. The fourth-order valence-electron chi connectivity index (χ4n) is 2.36. The molecule has 0 aromatic heterocycles. The molecule has 62 valence electrons. The zero-order chi connectivity index (χ0) is 7.68. The van der Waals surface area contributed by atoms with E-state index < -0.39 is 0 Å². The molecule has 0 spiro atoms. The molecule has 1 nitrogen and oxygen atoms in total. The molecule has 0 radical (unpaired) electrons. The molecule has 0 fully saturated rings. The summed E-state index contributed by atoms with van der Waals surface area (Å²) in [4.78, 5) is 0. The Morgan fingerprint density at radius 2 is 2.00 bits per heavy atom. The molecule has 1 heteroatoms. The van der Waals surface area contributed by atoms with Crippen LogP contribution < -0.4 is 5.32 Å². The van der Waals surface area contributed by atoms with Gasteiger partial charge in [0.2, 0.25) is 0 Å². The van der Waals surface area contributed by atoms with E-state index in [0.717, 1.165) is 0 Å². The van der Waals surface area contributed by atoms with Crippen molar-refractivity contribution in [1.29, 1.82) is 0 Å². The van der Waals surface area contributed by atoms with E-state index >= 15 is 0 Å². The van der Waals surface area contributed by atoms with Crippen LogP contribution in [0.5, 0.6) is 0 Å². The van der Waals surface area contributed by atoms with Gasteiger partial charge in [-0.15, -0.1) is 0 Å². The molecule has 0 aromatic rings. The highest BCUT2D eigenvalue weighted by Crippen LogP contribution is 2.30. The molecule has 1 heterocycles. The van der Waals surface area contributed by atoms with E-state index in [1.54, 1.807) is 11.1 Å². The van der Waals surface area contributed by atoms with Gasteiger partial charge in [0.25, 0.3) is 0 Å². The second kappa shape index (κ2) is 2.98. The highest BCUT2D eigenvalue weighted by Gasteiger charge is 2.20. The Morgan fingerprint density at radius 1 is 1.18 bits per heavy atom. The van der Waals surface area contributed by atoms with Crippen LogP contribution in [-0.4, -0.2) is 12.6 Å². The lowest BCUT2D eigenvalue weighted by molar-refractivity contribution is 0.498. The second-order valence-electron chi connectivity index (χ2n) is 3.76. The van der Waals surface area contributed by atoms with Gasteiger partial charge in [0.05, 0.1) is 0 Å². The van der Waals surface area contributed by atoms with Crippen molar-refractivity contribution in [2.24, 2.45) is 0 Å². The third-order valence-electron chi connectivity index (χ3n) is 3.03. The summed E-state index contributed by atoms with van der Waals surface area (Å²) >= 11 is 0. The highest BCUT2D eigenvalue weighted by molar-refractivity contribution is 5.24. The standard InChI is InChI=1S/C10H17N/c1-8-10-5-3-2-4-9(10)6-7-11-8/h8,11H,2-7H2,1H3. The van der Waals surface area contributed by atoms with Crippen LogP contribution >= 0.6 is 0 Å². The van der Waals surface area contributed by atoms with Gasteiger partial charge in [-0.3, -0.25) is 0 Å². The van der Waals surface area contributed by atoms with Crippen LogP contribution in [0.15, 0.2) is 11.1 Å². The second-order valence-corrected chi connectivity index (χ2v) is 3.76. The molecular weight excluding hydrogens is 134 g/mol. The lowest BCUT2D eigenvalue weighted by atomic mass is 9.84. The Balaban J connectivity index is 2.21. The lowest BCUT2D eigenvalue weighted by Crippen LogP contribution is -2.35. The van der Waals surface area contributed by atoms with E-state index in [2.05, 4.69) is 12.2 Å². The molecule has 2 rings (SSSR count). The summed E-state index contributed by atoms with van der Waals surface area (Å²) in [5.74, 6) is 0. The average molecular weight is 151 g/mol. The topological polar surface area (TPSA) is 12.0 Å². The van der Waals surface area contributed by atoms with Crippen LogP contribution in [0, 0.1) is 0 Å². The van der Waals surface area contributed by atoms with Crippen LogP contribution in [0.1, 0.15) is 39.0 Å². The molecule has 1 unspecified atom stereocenters. The highest BCUT2D eigenvalue weighted by atomic mass is 14.9. The van der Waals surface area contributed by atoms with Crippen molar-refractivity contribution in [2.75, 3.05) is 6.54 Å². The Morgan fingerprint density at radius 3 is 2.82 bits per heavy atom. The normalized spacial score (nSPS) is 31.9. The van der Waals surface area contributed by atoms with Gasteiger partial charge >= 0.3 is 0 Å². The van der Waals surface area contributed by atoms with Gasteiger partial charge in [-0.05, 0) is 45.6 Å². The van der Waals surface area contributed by atoms with Crippen molar-refractivity contribution in [2.45, 2.75) is 45.1 Å². The first-order valence-corrected chi connectivity index (χ1v) is 4.82. The van der Waals surface area contributed by atoms with Crippen LogP contribution in [0.25, 0.3) is 0 Å². The minimum absolute atomic E-state index is 0.680. The molecule has 0 aromatic carbocycles. The third-order valence-corrected chi connectivity index (χ3v) is 3.03. The van der Waals surface area contributed by atoms with E-state index in [0.29, 0.717) is 6.04 Å². The van der Waals surface area contributed by atoms with Gasteiger partial charge in [0.15, 0.2) is 0 Å². The van der Waals surface area contributed by atoms with Gasteiger partial charge in [-0.2, -0.15) is 0 Å². The van der Waals surface area contributed by atoms with Crippen LogP contribution in [0.2, 0.25) is 0 Å². The predicted octanol–water partition coefficient (Wildman–Crippen LogP) is 2.24. The monoisotopic (exact) mass is 151 g/mol. The maximum absolute atomic E-state index is 3.52. The molecular formula is C10H17N. The van der Waals surface area contributed by atoms with Crippen LogP contribution in [0.4, 0.5) is 0 Å². The summed E-state index contributed by atoms with van der Waals surface area (Å²) in [5, 5.41) is 3.52. The van der Waals surface area contributed by atoms with Gasteiger partial charge < -0.3 is 5.32 Å². The minimum atomic E-state index is 0.680. The first kappa shape index (κ1) is 7.35. The van der Waals surface area contributed by atoms with Crippen molar-refractivity contribution in [3.05, 3.63) is 11.1 Å². The maximum atomic E-state index is 3.52. The molecule has 11 heavy (non-hydrogen) atoms. The molecule has 0 bridgehead atoms. The van der Waals surface area contributed by atoms with E-state index in [1.807, 2.05) is 0 Å². The van der Waals surface area contributed by atoms with Crippen molar-refractivity contribution >= 4 is 0 Å². The van der Waals surface area contributed by atoms with Gasteiger partial charge in [-0.25, -0.2) is 0 Å². The first-order valence-electron chi connectivity index (χ1n) is 4.82. The smallest absolute Gasteiger partial charge is 0.0253 e. The SMILES string of the molecule is CC1NCCC2=C1CCCC2. The number of hydrogen-bond donors (Lipinski definition) is 1. The summed E-state index contributed by atoms with van der Waals surface area (Å²) in [5.41, 5.74) is 3.52. The van der Waals surface area contributed by atoms with Crippen molar-refractivity contribution in [3.8, 4) is 0 Å². The summed E-state index contributed by atoms with van der Waals surface area (Å²) in [6.45, 7) is 3.51. The van der Waals surface area contributed by atoms with Crippen molar-refractivity contribution < 1.29 is 0 Å².